The first-order valence-corrected chi connectivity index (χ1v) is 6.78. The molecule has 0 atom stereocenters. The van der Waals surface area contributed by atoms with E-state index >= 15 is 0 Å². The van der Waals surface area contributed by atoms with Gasteiger partial charge in [0.1, 0.15) is 11.0 Å². The Hall–Kier alpha value is -1.81. The molecular weight excluding hydrogens is 324 g/mol. The summed E-state index contributed by atoms with van der Waals surface area (Å²) in [7, 11) is 0. The highest BCUT2D eigenvalue weighted by molar-refractivity contribution is 9.10. The molecule has 0 unspecified atom stereocenters. The number of nitrogens with zero attached hydrogens (tertiary/aromatic N) is 2. The third-order valence-electron chi connectivity index (χ3n) is 2.18. The molecular formula is C13H17BrN4O2. The molecule has 1 aromatic rings. The van der Waals surface area contributed by atoms with Crippen LogP contribution in [0.3, 0.4) is 0 Å². The maximum Gasteiger partial charge on any atom is 0.284 e. The Morgan fingerprint density at radius 3 is 2.75 bits per heavy atom. The zero-order valence-corrected chi connectivity index (χ0v) is 13.2. The van der Waals surface area contributed by atoms with Gasteiger partial charge in [0.05, 0.1) is 18.4 Å². The first-order valence-electron chi connectivity index (χ1n) is 5.98. The Morgan fingerprint density at radius 1 is 1.55 bits per heavy atom. The summed E-state index contributed by atoms with van der Waals surface area (Å²) in [6.45, 7) is 5.83. The number of amides is 1. The van der Waals surface area contributed by atoms with E-state index in [0.717, 1.165) is 4.68 Å². The van der Waals surface area contributed by atoms with Crippen LogP contribution in [0.5, 0.6) is 0 Å². The van der Waals surface area contributed by atoms with Crippen molar-refractivity contribution in [1.82, 2.24) is 15.1 Å². The summed E-state index contributed by atoms with van der Waals surface area (Å²) in [6.07, 6.45) is 6.59. The predicted molar refractivity (Wildman–Crippen MR) is 81.4 cm³/mol. The van der Waals surface area contributed by atoms with Gasteiger partial charge < -0.3 is 10.6 Å². The number of carbonyl (C=O) groups excluding carboxylic acids is 1. The second-order valence-corrected chi connectivity index (χ2v) is 5.98. The molecule has 0 fully saturated rings. The van der Waals surface area contributed by atoms with Gasteiger partial charge in [-0.3, -0.25) is 9.59 Å². The van der Waals surface area contributed by atoms with Crippen LogP contribution in [0.25, 0.3) is 0 Å². The van der Waals surface area contributed by atoms with E-state index in [1.165, 1.54) is 6.20 Å². The Kier molecular flexibility index (Phi) is 5.34. The van der Waals surface area contributed by atoms with E-state index in [-0.39, 0.29) is 30.1 Å². The van der Waals surface area contributed by atoms with Gasteiger partial charge in [-0.15, -0.1) is 6.42 Å². The Balaban J connectivity index is 2.76. The van der Waals surface area contributed by atoms with Gasteiger partial charge in [-0.1, -0.05) is 5.92 Å². The molecule has 0 aromatic carbocycles. The van der Waals surface area contributed by atoms with E-state index in [1.54, 1.807) is 0 Å². The number of hydrogen-bond acceptors (Lipinski definition) is 4. The van der Waals surface area contributed by atoms with Crippen LogP contribution in [0, 0.1) is 12.3 Å². The Bertz CT molecular complexity index is 596. The van der Waals surface area contributed by atoms with Gasteiger partial charge in [0.25, 0.3) is 5.56 Å². The number of aromatic nitrogens is 2. The number of terminal acetylenes is 1. The standard InChI is InChI=1S/C13H17BrN4O2/c1-5-6-18-12(20)11(14)9(7-16-18)15-8-10(19)17-13(2,3)4/h1,7,15H,6,8H2,2-4H3,(H,17,19). The van der Waals surface area contributed by atoms with Gasteiger partial charge in [-0.2, -0.15) is 5.10 Å². The largest absolute Gasteiger partial charge is 0.374 e. The molecule has 0 aliphatic rings. The van der Waals surface area contributed by atoms with E-state index < -0.39 is 0 Å². The molecule has 1 rings (SSSR count). The highest BCUT2D eigenvalue weighted by Crippen LogP contribution is 2.15. The maximum absolute atomic E-state index is 11.9. The average Bonchev–Trinajstić information content (AvgIpc) is 2.32. The Labute approximate surface area is 126 Å². The molecule has 1 heterocycles. The number of hydrogen-bond donors (Lipinski definition) is 2. The van der Waals surface area contributed by atoms with Crippen molar-refractivity contribution in [3.8, 4) is 12.3 Å². The molecule has 108 valence electrons. The molecule has 0 bridgehead atoms. The topological polar surface area (TPSA) is 76.0 Å². The van der Waals surface area contributed by atoms with Crippen molar-refractivity contribution in [2.24, 2.45) is 0 Å². The molecule has 20 heavy (non-hydrogen) atoms. The lowest BCUT2D eigenvalue weighted by atomic mass is 10.1. The van der Waals surface area contributed by atoms with Crippen LogP contribution in [0.2, 0.25) is 0 Å². The highest BCUT2D eigenvalue weighted by Gasteiger charge is 2.14. The van der Waals surface area contributed by atoms with Crippen LogP contribution in [0.15, 0.2) is 15.5 Å². The average molecular weight is 341 g/mol. The monoisotopic (exact) mass is 340 g/mol. The number of halogens is 1. The molecule has 1 amide bonds. The Morgan fingerprint density at radius 2 is 2.20 bits per heavy atom. The summed E-state index contributed by atoms with van der Waals surface area (Å²) < 4.78 is 1.45. The minimum Gasteiger partial charge on any atom is -0.374 e. The lowest BCUT2D eigenvalue weighted by Gasteiger charge is -2.20. The SMILES string of the molecule is C#CCn1ncc(NCC(=O)NC(C)(C)C)c(Br)c1=O. The normalized spacial score (nSPS) is 10.8. The van der Waals surface area contributed by atoms with E-state index in [0.29, 0.717) is 10.2 Å². The van der Waals surface area contributed by atoms with Crippen LogP contribution in [-0.4, -0.2) is 27.8 Å². The maximum atomic E-state index is 11.9. The number of nitrogens with one attached hydrogen (secondary N) is 2. The molecule has 7 heteroatoms. The number of anilines is 1. The summed E-state index contributed by atoms with van der Waals surface area (Å²) in [5.74, 6) is 2.17. The molecule has 0 aliphatic carbocycles. The van der Waals surface area contributed by atoms with Crippen LogP contribution in [0.1, 0.15) is 20.8 Å². The fourth-order valence-electron chi connectivity index (χ4n) is 1.43. The zero-order valence-electron chi connectivity index (χ0n) is 11.7. The van der Waals surface area contributed by atoms with Gasteiger partial charge in [0, 0.05) is 5.54 Å². The summed E-state index contributed by atoms with van der Waals surface area (Å²) in [4.78, 5) is 23.5. The molecule has 2 N–H and O–H groups in total. The third-order valence-corrected chi connectivity index (χ3v) is 2.95. The molecule has 0 aliphatic heterocycles. The van der Waals surface area contributed by atoms with Gasteiger partial charge in [-0.05, 0) is 36.7 Å². The van der Waals surface area contributed by atoms with E-state index in [4.69, 9.17) is 6.42 Å². The first-order chi connectivity index (χ1) is 9.24. The van der Waals surface area contributed by atoms with Crippen molar-refractivity contribution in [3.05, 3.63) is 21.0 Å². The summed E-state index contributed by atoms with van der Waals surface area (Å²) >= 11 is 3.18. The lowest BCUT2D eigenvalue weighted by Crippen LogP contribution is -2.43. The molecule has 0 saturated carbocycles. The smallest absolute Gasteiger partial charge is 0.284 e. The first kappa shape index (κ1) is 16.2. The summed E-state index contributed by atoms with van der Waals surface area (Å²) in [5.41, 5.74) is -0.193. The number of carbonyl (C=O) groups is 1. The molecule has 0 spiro atoms. The predicted octanol–water partition coefficient (Wildman–Crippen LogP) is 0.966. The van der Waals surface area contributed by atoms with Crippen LogP contribution in [-0.2, 0) is 11.3 Å². The van der Waals surface area contributed by atoms with E-state index in [9.17, 15) is 9.59 Å². The second-order valence-electron chi connectivity index (χ2n) is 5.19. The fourth-order valence-corrected chi connectivity index (χ4v) is 1.87. The van der Waals surface area contributed by atoms with E-state index in [2.05, 4.69) is 37.6 Å². The van der Waals surface area contributed by atoms with Crippen molar-refractivity contribution in [2.75, 3.05) is 11.9 Å². The van der Waals surface area contributed by atoms with Crippen molar-refractivity contribution >= 4 is 27.5 Å². The van der Waals surface area contributed by atoms with E-state index in [1.807, 2.05) is 20.8 Å². The molecule has 6 nitrogen and oxygen atoms in total. The van der Waals surface area contributed by atoms with Crippen molar-refractivity contribution in [3.63, 3.8) is 0 Å². The van der Waals surface area contributed by atoms with Crippen LogP contribution >= 0.6 is 15.9 Å². The van der Waals surface area contributed by atoms with Crippen molar-refractivity contribution in [1.29, 1.82) is 0 Å². The molecule has 0 radical (unpaired) electrons. The van der Waals surface area contributed by atoms with Crippen LogP contribution in [0.4, 0.5) is 5.69 Å². The minimum atomic E-state index is -0.343. The van der Waals surface area contributed by atoms with Gasteiger partial charge in [0.15, 0.2) is 0 Å². The summed E-state index contributed by atoms with van der Waals surface area (Å²) in [6, 6.07) is 0. The van der Waals surface area contributed by atoms with Crippen molar-refractivity contribution < 1.29 is 4.79 Å². The van der Waals surface area contributed by atoms with Gasteiger partial charge >= 0.3 is 0 Å². The number of rotatable bonds is 4. The highest BCUT2D eigenvalue weighted by atomic mass is 79.9. The van der Waals surface area contributed by atoms with Crippen molar-refractivity contribution in [2.45, 2.75) is 32.9 Å². The van der Waals surface area contributed by atoms with Gasteiger partial charge in [-0.25, -0.2) is 4.68 Å². The van der Waals surface area contributed by atoms with Crippen LogP contribution < -0.4 is 16.2 Å². The molecule has 1 aromatic heterocycles. The minimum absolute atomic E-state index is 0.0517. The third kappa shape index (κ3) is 4.70. The second kappa shape index (κ2) is 6.57. The lowest BCUT2D eigenvalue weighted by molar-refractivity contribution is -0.120. The zero-order chi connectivity index (χ0) is 15.3. The fraction of sp³-hybridized carbons (Fsp3) is 0.462. The molecule has 0 saturated heterocycles. The van der Waals surface area contributed by atoms with Gasteiger partial charge in [0.2, 0.25) is 5.91 Å². The quantitative estimate of drug-likeness (QED) is 0.800. The summed E-state index contributed by atoms with van der Waals surface area (Å²) in [5, 5.41) is 9.59.